The average Bonchev–Trinajstić information content (AvgIpc) is 3.55. The lowest BCUT2D eigenvalue weighted by molar-refractivity contribution is 0.00954. The van der Waals surface area contributed by atoms with E-state index < -0.39 is 11.6 Å². The molecular formula is C29H26N6O4S. The summed E-state index contributed by atoms with van der Waals surface area (Å²) in [4.78, 5) is 21.4. The Hall–Kier alpha value is -4.48. The van der Waals surface area contributed by atoms with Gasteiger partial charge < -0.3 is 24.9 Å². The van der Waals surface area contributed by atoms with Crippen LogP contribution < -0.4 is 10.6 Å². The van der Waals surface area contributed by atoms with Crippen LogP contribution in [0.15, 0.2) is 76.7 Å². The standard InChI is InChI=1S/C29H26N6O4S/c1-29(2)22-14-19(8-9-20(22)27(37)39-29)31-28-30-15-21(26-35-34-25(38-26)18-10-12-40-13-11-18)24(33-28)32-23(16-36)17-6-4-3-5-7-17/h3-12,14-15,23,36H,13,16H2,1-2H3,(H2,30,31,32,33)/t23-/m1/s1. The third-order valence-corrected chi connectivity index (χ3v) is 7.31. The van der Waals surface area contributed by atoms with Crippen LogP contribution in [-0.2, 0) is 10.3 Å². The molecule has 0 saturated carbocycles. The highest BCUT2D eigenvalue weighted by atomic mass is 32.2. The number of anilines is 3. The van der Waals surface area contributed by atoms with Crippen molar-refractivity contribution in [1.82, 2.24) is 20.2 Å². The van der Waals surface area contributed by atoms with Gasteiger partial charge in [-0.05, 0) is 49.1 Å². The van der Waals surface area contributed by atoms with Crippen LogP contribution in [0.4, 0.5) is 17.5 Å². The molecule has 2 aliphatic rings. The number of ether oxygens (including phenoxy) is 1. The summed E-state index contributed by atoms with van der Waals surface area (Å²) in [5.41, 5.74) is 3.51. The van der Waals surface area contributed by atoms with Gasteiger partial charge in [-0.25, -0.2) is 9.78 Å². The minimum atomic E-state index is -0.733. The number of esters is 1. The first-order valence-corrected chi connectivity index (χ1v) is 13.7. The fraction of sp³-hybridized carbons (Fsp3) is 0.207. The van der Waals surface area contributed by atoms with E-state index in [-0.39, 0.29) is 18.5 Å². The summed E-state index contributed by atoms with van der Waals surface area (Å²) in [6.45, 7) is 3.53. The summed E-state index contributed by atoms with van der Waals surface area (Å²) in [6, 6.07) is 14.5. The fourth-order valence-corrected chi connectivity index (χ4v) is 5.18. The summed E-state index contributed by atoms with van der Waals surface area (Å²) in [5.74, 6) is 1.84. The normalized spacial score (nSPS) is 16.2. The number of cyclic esters (lactones) is 1. The second-order valence-corrected chi connectivity index (χ2v) is 10.7. The van der Waals surface area contributed by atoms with E-state index in [0.717, 1.165) is 22.5 Å². The van der Waals surface area contributed by atoms with E-state index in [9.17, 15) is 9.90 Å². The molecule has 202 valence electrons. The van der Waals surface area contributed by atoms with Crippen LogP contribution in [-0.4, -0.2) is 43.6 Å². The number of hydrogen-bond donors (Lipinski definition) is 3. The minimum Gasteiger partial charge on any atom is -0.451 e. The van der Waals surface area contributed by atoms with E-state index in [1.54, 1.807) is 30.1 Å². The molecule has 0 fully saturated rings. The summed E-state index contributed by atoms with van der Waals surface area (Å²) in [7, 11) is 0. The number of allylic oxidation sites excluding steroid dienone is 2. The van der Waals surface area contributed by atoms with Crippen LogP contribution in [0.25, 0.3) is 17.0 Å². The Bertz CT molecular complexity index is 1630. The summed E-state index contributed by atoms with van der Waals surface area (Å²) in [6.07, 6.45) is 5.56. The number of thioether (sulfide) groups is 1. The first-order chi connectivity index (χ1) is 19.4. The zero-order valence-electron chi connectivity index (χ0n) is 21.8. The lowest BCUT2D eigenvalue weighted by atomic mass is 9.95. The Kier molecular flexibility index (Phi) is 6.82. The topological polar surface area (TPSA) is 135 Å². The van der Waals surface area contributed by atoms with Gasteiger partial charge in [0, 0.05) is 28.8 Å². The van der Waals surface area contributed by atoms with Crippen molar-refractivity contribution in [2.75, 3.05) is 23.0 Å². The molecule has 0 aliphatic carbocycles. The highest BCUT2D eigenvalue weighted by Crippen LogP contribution is 2.38. The molecule has 0 spiro atoms. The molecule has 4 aromatic rings. The predicted molar refractivity (Wildman–Crippen MR) is 153 cm³/mol. The molecule has 0 unspecified atom stereocenters. The zero-order chi connectivity index (χ0) is 27.7. The van der Waals surface area contributed by atoms with Crippen molar-refractivity contribution in [2.45, 2.75) is 25.5 Å². The number of aliphatic hydroxyl groups excluding tert-OH is 1. The van der Waals surface area contributed by atoms with Gasteiger partial charge in [0.25, 0.3) is 5.89 Å². The molecule has 10 nitrogen and oxygen atoms in total. The number of benzene rings is 2. The van der Waals surface area contributed by atoms with E-state index >= 15 is 0 Å². The number of nitrogens with one attached hydrogen (secondary N) is 2. The molecule has 6 rings (SSSR count). The molecule has 4 heterocycles. The van der Waals surface area contributed by atoms with Crippen molar-refractivity contribution in [3.63, 3.8) is 0 Å². The van der Waals surface area contributed by atoms with Gasteiger partial charge in [-0.2, -0.15) is 4.98 Å². The van der Waals surface area contributed by atoms with Gasteiger partial charge in [0.15, 0.2) is 0 Å². The van der Waals surface area contributed by atoms with Crippen LogP contribution in [0.3, 0.4) is 0 Å². The molecule has 3 N–H and O–H groups in total. The number of rotatable bonds is 8. The number of carbonyl (C=O) groups excluding carboxylic acids is 1. The Morgan fingerprint density at radius 1 is 1.10 bits per heavy atom. The first-order valence-electron chi connectivity index (χ1n) is 12.7. The third kappa shape index (κ3) is 5.08. The van der Waals surface area contributed by atoms with E-state index in [2.05, 4.69) is 25.8 Å². The molecule has 0 amide bonds. The van der Waals surface area contributed by atoms with Crippen LogP contribution in [0.1, 0.15) is 47.3 Å². The Morgan fingerprint density at radius 2 is 1.93 bits per heavy atom. The maximum atomic E-state index is 12.2. The quantitative estimate of drug-likeness (QED) is 0.239. The lowest BCUT2D eigenvalue weighted by Crippen LogP contribution is -2.17. The number of hydrogen-bond acceptors (Lipinski definition) is 11. The van der Waals surface area contributed by atoms with Gasteiger partial charge in [0.1, 0.15) is 11.4 Å². The van der Waals surface area contributed by atoms with E-state index in [4.69, 9.17) is 14.1 Å². The first kappa shape index (κ1) is 25.8. The SMILES string of the molecule is CC1(C)OC(=O)c2ccc(Nc3ncc(-c4nnc(C5=CCSC=C5)o4)c(N[C@H](CO)c4ccccc4)n3)cc21. The number of aromatic nitrogens is 4. The van der Waals surface area contributed by atoms with Gasteiger partial charge in [-0.3, -0.25) is 0 Å². The summed E-state index contributed by atoms with van der Waals surface area (Å²) < 4.78 is 11.5. The molecule has 1 atom stereocenters. The smallest absolute Gasteiger partial charge is 0.339 e. The second-order valence-electron chi connectivity index (χ2n) is 9.74. The van der Waals surface area contributed by atoms with Crippen molar-refractivity contribution in [3.05, 3.63) is 94.9 Å². The molecule has 11 heteroatoms. The van der Waals surface area contributed by atoms with Gasteiger partial charge >= 0.3 is 5.97 Å². The molecule has 0 bridgehead atoms. The van der Waals surface area contributed by atoms with Crippen LogP contribution in [0, 0.1) is 0 Å². The van der Waals surface area contributed by atoms with Crippen LogP contribution in [0.5, 0.6) is 0 Å². The summed E-state index contributed by atoms with van der Waals surface area (Å²) >= 11 is 1.68. The van der Waals surface area contributed by atoms with Crippen molar-refractivity contribution >= 4 is 40.8 Å². The van der Waals surface area contributed by atoms with Gasteiger partial charge in [-0.1, -0.05) is 36.4 Å². The molecule has 2 aromatic carbocycles. The molecular weight excluding hydrogens is 528 g/mol. The number of nitrogens with zero attached hydrogens (tertiary/aromatic N) is 4. The lowest BCUT2D eigenvalue weighted by Gasteiger charge is -2.20. The van der Waals surface area contributed by atoms with Gasteiger partial charge in [0.05, 0.1) is 23.8 Å². The van der Waals surface area contributed by atoms with Gasteiger partial charge in [0.2, 0.25) is 11.8 Å². The molecule has 2 aliphatic heterocycles. The molecule has 40 heavy (non-hydrogen) atoms. The van der Waals surface area contributed by atoms with Crippen LogP contribution in [0.2, 0.25) is 0 Å². The largest absolute Gasteiger partial charge is 0.451 e. The van der Waals surface area contributed by atoms with Crippen molar-refractivity contribution < 1.29 is 19.1 Å². The predicted octanol–water partition coefficient (Wildman–Crippen LogP) is 5.47. The number of aliphatic hydroxyl groups is 1. The van der Waals surface area contributed by atoms with E-state index in [1.165, 1.54) is 0 Å². The average molecular weight is 555 g/mol. The Labute approximate surface area is 234 Å². The highest BCUT2D eigenvalue weighted by Gasteiger charge is 2.37. The van der Waals surface area contributed by atoms with Crippen molar-refractivity contribution in [1.29, 1.82) is 0 Å². The monoisotopic (exact) mass is 554 g/mol. The van der Waals surface area contributed by atoms with E-state index in [1.807, 2.05) is 67.8 Å². The Balaban J connectivity index is 1.35. The maximum absolute atomic E-state index is 12.2. The zero-order valence-corrected chi connectivity index (χ0v) is 22.6. The fourth-order valence-electron chi connectivity index (χ4n) is 4.55. The van der Waals surface area contributed by atoms with E-state index in [0.29, 0.717) is 34.5 Å². The van der Waals surface area contributed by atoms with Gasteiger partial charge in [-0.15, -0.1) is 22.0 Å². The number of fused-ring (bicyclic) bond motifs is 1. The number of carbonyl (C=O) groups is 1. The van der Waals surface area contributed by atoms with Crippen molar-refractivity contribution in [3.8, 4) is 11.5 Å². The molecule has 2 aromatic heterocycles. The Morgan fingerprint density at radius 3 is 2.70 bits per heavy atom. The van der Waals surface area contributed by atoms with Crippen LogP contribution >= 0.6 is 11.8 Å². The second kappa shape index (κ2) is 10.6. The molecule has 0 radical (unpaired) electrons. The minimum absolute atomic E-state index is 0.172. The third-order valence-electron chi connectivity index (χ3n) is 6.62. The molecule has 0 saturated heterocycles. The van der Waals surface area contributed by atoms with Crippen molar-refractivity contribution in [2.24, 2.45) is 0 Å². The maximum Gasteiger partial charge on any atom is 0.339 e. The highest BCUT2D eigenvalue weighted by molar-refractivity contribution is 8.02. The summed E-state index contributed by atoms with van der Waals surface area (Å²) in [5, 5.41) is 27.2.